The van der Waals surface area contributed by atoms with E-state index in [9.17, 15) is 4.79 Å². The average Bonchev–Trinajstić information content (AvgIpc) is 2.95. The highest BCUT2D eigenvalue weighted by molar-refractivity contribution is 5.96. The van der Waals surface area contributed by atoms with Crippen LogP contribution in [0.3, 0.4) is 0 Å². The van der Waals surface area contributed by atoms with Gasteiger partial charge in [0.2, 0.25) is 5.95 Å². The van der Waals surface area contributed by atoms with Crippen LogP contribution >= 0.6 is 0 Å². The Kier molecular flexibility index (Phi) is 3.15. The number of hydrogen-bond acceptors (Lipinski definition) is 5. The quantitative estimate of drug-likeness (QED) is 0.800. The Morgan fingerprint density at radius 2 is 2.09 bits per heavy atom. The Morgan fingerprint density at radius 3 is 3.00 bits per heavy atom. The van der Waals surface area contributed by atoms with Crippen molar-refractivity contribution in [1.82, 2.24) is 20.3 Å². The van der Waals surface area contributed by atoms with Crippen molar-refractivity contribution in [2.45, 2.75) is 13.1 Å². The molecule has 3 aromatic rings. The molecule has 114 valence electrons. The largest absolute Gasteiger partial charge is 0.346 e. The van der Waals surface area contributed by atoms with Gasteiger partial charge < -0.3 is 10.2 Å². The SMILES string of the molecule is CN(Cc1cnc2ccccc2c1)c1ncc2c(n1)C(=O)NC2. The maximum atomic E-state index is 11.7. The Labute approximate surface area is 133 Å². The molecule has 0 unspecified atom stereocenters. The highest BCUT2D eigenvalue weighted by atomic mass is 16.2. The van der Waals surface area contributed by atoms with Gasteiger partial charge in [-0.15, -0.1) is 0 Å². The van der Waals surface area contributed by atoms with Crippen molar-refractivity contribution in [2.75, 3.05) is 11.9 Å². The number of amides is 1. The summed E-state index contributed by atoms with van der Waals surface area (Å²) in [6.07, 6.45) is 3.57. The summed E-state index contributed by atoms with van der Waals surface area (Å²) in [4.78, 5) is 26.8. The minimum Gasteiger partial charge on any atom is -0.346 e. The van der Waals surface area contributed by atoms with Gasteiger partial charge in [-0.1, -0.05) is 18.2 Å². The summed E-state index contributed by atoms with van der Waals surface area (Å²) in [7, 11) is 1.91. The van der Waals surface area contributed by atoms with Crippen molar-refractivity contribution >= 4 is 22.8 Å². The molecule has 3 heterocycles. The molecule has 0 aliphatic carbocycles. The van der Waals surface area contributed by atoms with Crippen LogP contribution in [0.25, 0.3) is 10.9 Å². The Hall–Kier alpha value is -3.02. The van der Waals surface area contributed by atoms with Gasteiger partial charge in [-0.2, -0.15) is 0 Å². The predicted octanol–water partition coefficient (Wildman–Crippen LogP) is 1.90. The molecule has 1 N–H and O–H groups in total. The lowest BCUT2D eigenvalue weighted by atomic mass is 10.1. The molecule has 0 fully saturated rings. The fraction of sp³-hybridized carbons (Fsp3) is 0.176. The fourth-order valence-corrected chi connectivity index (χ4v) is 2.71. The van der Waals surface area contributed by atoms with Gasteiger partial charge in [-0.3, -0.25) is 9.78 Å². The number of nitrogens with one attached hydrogen (secondary N) is 1. The van der Waals surface area contributed by atoms with E-state index in [1.54, 1.807) is 6.20 Å². The zero-order chi connectivity index (χ0) is 15.8. The molecular formula is C17H15N5O. The maximum absolute atomic E-state index is 11.7. The van der Waals surface area contributed by atoms with Gasteiger partial charge in [0.1, 0.15) is 5.69 Å². The van der Waals surface area contributed by atoms with Gasteiger partial charge >= 0.3 is 0 Å². The number of aromatic nitrogens is 3. The molecule has 6 heteroatoms. The Balaban J connectivity index is 1.60. The fourth-order valence-electron chi connectivity index (χ4n) is 2.71. The molecule has 1 amide bonds. The van der Waals surface area contributed by atoms with Crippen molar-refractivity contribution in [3.05, 3.63) is 59.5 Å². The van der Waals surface area contributed by atoms with Crippen LogP contribution in [0, 0.1) is 0 Å². The number of para-hydroxylation sites is 1. The highest BCUT2D eigenvalue weighted by Crippen LogP contribution is 2.18. The van der Waals surface area contributed by atoms with Gasteiger partial charge in [-0.05, 0) is 17.7 Å². The molecule has 2 aromatic heterocycles. The van der Waals surface area contributed by atoms with Crippen LogP contribution in [-0.4, -0.2) is 27.9 Å². The first-order chi connectivity index (χ1) is 11.2. The molecule has 0 spiro atoms. The van der Waals surface area contributed by atoms with Crippen molar-refractivity contribution in [3.63, 3.8) is 0 Å². The number of carbonyl (C=O) groups is 1. The predicted molar refractivity (Wildman–Crippen MR) is 87.1 cm³/mol. The number of hydrogen-bond donors (Lipinski definition) is 1. The molecule has 6 nitrogen and oxygen atoms in total. The van der Waals surface area contributed by atoms with E-state index in [1.165, 1.54) is 0 Å². The zero-order valence-electron chi connectivity index (χ0n) is 12.7. The first-order valence-corrected chi connectivity index (χ1v) is 7.39. The van der Waals surface area contributed by atoms with Crippen LogP contribution in [0.5, 0.6) is 0 Å². The number of anilines is 1. The summed E-state index contributed by atoms with van der Waals surface area (Å²) in [6, 6.07) is 10.1. The number of nitrogens with zero attached hydrogens (tertiary/aromatic N) is 4. The highest BCUT2D eigenvalue weighted by Gasteiger charge is 2.22. The zero-order valence-corrected chi connectivity index (χ0v) is 12.7. The lowest BCUT2D eigenvalue weighted by molar-refractivity contribution is 0.0961. The standard InChI is InChI=1S/C17H15N5O/c1-22(17-20-9-13-8-19-16(23)15(13)21-17)10-11-6-12-4-2-3-5-14(12)18-7-11/h2-7,9H,8,10H2,1H3,(H,19,23). The van der Waals surface area contributed by atoms with Crippen LogP contribution in [-0.2, 0) is 13.1 Å². The molecule has 0 radical (unpaired) electrons. The van der Waals surface area contributed by atoms with Crippen LogP contribution in [0.2, 0.25) is 0 Å². The number of rotatable bonds is 3. The van der Waals surface area contributed by atoms with E-state index in [0.717, 1.165) is 22.0 Å². The van der Waals surface area contributed by atoms with E-state index < -0.39 is 0 Å². The summed E-state index contributed by atoms with van der Waals surface area (Å²) in [5, 5.41) is 3.86. The van der Waals surface area contributed by atoms with Crippen molar-refractivity contribution in [3.8, 4) is 0 Å². The van der Waals surface area contributed by atoms with Gasteiger partial charge in [0.15, 0.2) is 0 Å². The summed E-state index contributed by atoms with van der Waals surface area (Å²) in [5.74, 6) is 0.401. The smallest absolute Gasteiger partial charge is 0.270 e. The third-order valence-electron chi connectivity index (χ3n) is 3.91. The number of pyridine rings is 1. The van der Waals surface area contributed by atoms with Gasteiger partial charge in [0.25, 0.3) is 5.91 Å². The molecule has 0 saturated heterocycles. The molecule has 0 bridgehead atoms. The van der Waals surface area contributed by atoms with Crippen LogP contribution in [0.15, 0.2) is 42.7 Å². The minimum absolute atomic E-state index is 0.135. The van der Waals surface area contributed by atoms with E-state index in [-0.39, 0.29) is 5.91 Å². The third kappa shape index (κ3) is 2.48. The third-order valence-corrected chi connectivity index (χ3v) is 3.91. The van der Waals surface area contributed by atoms with Gasteiger partial charge in [0, 0.05) is 43.5 Å². The van der Waals surface area contributed by atoms with E-state index >= 15 is 0 Å². The topological polar surface area (TPSA) is 71.0 Å². The second-order valence-electron chi connectivity index (χ2n) is 5.62. The molecular weight excluding hydrogens is 290 g/mol. The summed E-state index contributed by atoms with van der Waals surface area (Å²) >= 11 is 0. The summed E-state index contributed by atoms with van der Waals surface area (Å²) in [6.45, 7) is 1.13. The first kappa shape index (κ1) is 13.6. The summed E-state index contributed by atoms with van der Waals surface area (Å²) < 4.78 is 0. The molecule has 23 heavy (non-hydrogen) atoms. The molecule has 0 saturated carbocycles. The van der Waals surface area contributed by atoms with E-state index in [4.69, 9.17) is 0 Å². The van der Waals surface area contributed by atoms with Gasteiger partial charge in [0.05, 0.1) is 5.52 Å². The normalized spacial score (nSPS) is 13.0. The van der Waals surface area contributed by atoms with Crippen molar-refractivity contribution in [2.24, 2.45) is 0 Å². The van der Waals surface area contributed by atoms with E-state index in [2.05, 4.69) is 26.3 Å². The monoisotopic (exact) mass is 305 g/mol. The Bertz CT molecular complexity index is 908. The number of benzene rings is 1. The van der Waals surface area contributed by atoms with Gasteiger partial charge in [-0.25, -0.2) is 9.97 Å². The lowest BCUT2D eigenvalue weighted by Gasteiger charge is -2.17. The Morgan fingerprint density at radius 1 is 1.22 bits per heavy atom. The molecule has 0 atom stereocenters. The van der Waals surface area contributed by atoms with E-state index in [1.807, 2.05) is 42.4 Å². The molecule has 4 rings (SSSR count). The van der Waals surface area contributed by atoms with Crippen LogP contribution in [0.4, 0.5) is 5.95 Å². The minimum atomic E-state index is -0.135. The number of carbonyl (C=O) groups excluding carboxylic acids is 1. The van der Waals surface area contributed by atoms with Crippen LogP contribution in [0.1, 0.15) is 21.6 Å². The molecule has 1 aromatic carbocycles. The lowest BCUT2D eigenvalue weighted by Crippen LogP contribution is -2.20. The van der Waals surface area contributed by atoms with Crippen LogP contribution < -0.4 is 10.2 Å². The second kappa shape index (κ2) is 5.31. The first-order valence-electron chi connectivity index (χ1n) is 7.39. The number of fused-ring (bicyclic) bond motifs is 2. The van der Waals surface area contributed by atoms with Crippen molar-refractivity contribution < 1.29 is 4.79 Å². The second-order valence-corrected chi connectivity index (χ2v) is 5.62. The van der Waals surface area contributed by atoms with Crippen molar-refractivity contribution in [1.29, 1.82) is 0 Å². The maximum Gasteiger partial charge on any atom is 0.270 e. The molecule has 1 aliphatic rings. The molecule has 1 aliphatic heterocycles. The average molecular weight is 305 g/mol. The summed E-state index contributed by atoms with van der Waals surface area (Å²) in [5.41, 5.74) is 3.36. The van der Waals surface area contributed by atoms with E-state index in [0.29, 0.717) is 24.7 Å².